The van der Waals surface area contributed by atoms with E-state index in [1.807, 2.05) is 0 Å². The van der Waals surface area contributed by atoms with Gasteiger partial charge >= 0.3 is 0 Å². The molecule has 0 saturated carbocycles. The number of pyridine rings is 1. The van der Waals surface area contributed by atoms with Crippen LogP contribution in [-0.4, -0.2) is 10.9 Å². The van der Waals surface area contributed by atoms with E-state index in [2.05, 4.69) is 16.9 Å². The van der Waals surface area contributed by atoms with Gasteiger partial charge in [0.2, 0.25) is 0 Å². The van der Waals surface area contributed by atoms with E-state index in [0.29, 0.717) is 5.70 Å². The molecule has 0 spiro atoms. The Labute approximate surface area is 104 Å². The Morgan fingerprint density at radius 1 is 1.44 bits per heavy atom. The zero-order chi connectivity index (χ0) is 13.5. The maximum Gasteiger partial charge on any atom is 0.274 e. The molecule has 5 heteroatoms. The van der Waals surface area contributed by atoms with Crippen LogP contribution in [0.25, 0.3) is 0 Å². The maximum absolute atomic E-state index is 12.6. The molecule has 1 amide bonds. The number of rotatable bonds is 4. The van der Waals surface area contributed by atoms with E-state index >= 15 is 0 Å². The van der Waals surface area contributed by atoms with Gasteiger partial charge in [-0.2, -0.15) is 0 Å². The fraction of sp³-hybridized carbons (Fsp3) is 0.0769. The zero-order valence-corrected chi connectivity index (χ0v) is 9.78. The first-order chi connectivity index (χ1) is 8.52. The molecule has 1 aromatic heterocycles. The van der Waals surface area contributed by atoms with Gasteiger partial charge in [-0.15, -0.1) is 0 Å². The second-order valence-corrected chi connectivity index (χ2v) is 3.40. The van der Waals surface area contributed by atoms with Crippen molar-refractivity contribution in [2.24, 2.45) is 0 Å². The molecule has 18 heavy (non-hydrogen) atoms. The van der Waals surface area contributed by atoms with E-state index in [-0.39, 0.29) is 5.69 Å². The van der Waals surface area contributed by atoms with Crippen LogP contribution in [0.1, 0.15) is 17.4 Å². The molecule has 94 valence electrons. The highest BCUT2D eigenvalue weighted by atomic mass is 19.1. The van der Waals surface area contributed by atoms with Gasteiger partial charge in [0.05, 0.1) is 12.0 Å². The van der Waals surface area contributed by atoms with Crippen LogP contribution in [0.4, 0.5) is 8.78 Å². The fourth-order valence-corrected chi connectivity index (χ4v) is 1.07. The van der Waals surface area contributed by atoms with Crippen LogP contribution in [0, 0.1) is 5.82 Å². The van der Waals surface area contributed by atoms with Crippen molar-refractivity contribution in [3.05, 3.63) is 66.2 Å². The molecule has 1 N–H and O–H groups in total. The van der Waals surface area contributed by atoms with Gasteiger partial charge in [0.15, 0.2) is 0 Å². The van der Waals surface area contributed by atoms with Crippen molar-refractivity contribution in [1.82, 2.24) is 10.3 Å². The number of aromatic nitrogens is 1. The Hall–Kier alpha value is -2.30. The average Bonchev–Trinajstić information content (AvgIpc) is 2.34. The summed E-state index contributed by atoms with van der Waals surface area (Å²) in [6.45, 7) is 4.76. The van der Waals surface area contributed by atoms with E-state index in [9.17, 15) is 13.6 Å². The summed E-state index contributed by atoms with van der Waals surface area (Å²) in [4.78, 5) is 15.3. The average molecular weight is 250 g/mol. The van der Waals surface area contributed by atoms with Crippen LogP contribution >= 0.6 is 0 Å². The summed E-state index contributed by atoms with van der Waals surface area (Å²) in [5.41, 5.74) is 0.383. The standard InChI is InChI=1S/C13H12F2N2O/c1-3-11(6-4-9(2)14)17-13(18)12-7-5-10(15)8-16-12/h3-8H,1H2,2H3,(H,17,18)/b9-4+,11-6+. The van der Waals surface area contributed by atoms with Gasteiger partial charge in [0.25, 0.3) is 5.91 Å². The highest BCUT2D eigenvalue weighted by Gasteiger charge is 2.07. The summed E-state index contributed by atoms with van der Waals surface area (Å²) in [5, 5.41) is 2.47. The van der Waals surface area contributed by atoms with Crippen molar-refractivity contribution >= 4 is 5.91 Å². The third-order valence-corrected chi connectivity index (χ3v) is 1.93. The minimum absolute atomic E-state index is 0.0603. The minimum atomic E-state index is -0.526. The number of allylic oxidation sites excluding steroid dienone is 4. The molecular weight excluding hydrogens is 238 g/mol. The van der Waals surface area contributed by atoms with E-state index in [1.54, 1.807) is 0 Å². The number of carbonyl (C=O) groups is 1. The Kier molecular flexibility index (Phi) is 4.92. The molecule has 0 atom stereocenters. The first kappa shape index (κ1) is 13.8. The third kappa shape index (κ3) is 4.29. The van der Waals surface area contributed by atoms with Gasteiger partial charge in [-0.1, -0.05) is 6.58 Å². The van der Waals surface area contributed by atoms with Gasteiger partial charge < -0.3 is 5.32 Å². The van der Waals surface area contributed by atoms with Gasteiger partial charge in [-0.3, -0.25) is 4.79 Å². The predicted molar refractivity (Wildman–Crippen MR) is 64.8 cm³/mol. The molecule has 1 aromatic rings. The van der Waals surface area contributed by atoms with Crippen molar-refractivity contribution in [2.45, 2.75) is 6.92 Å². The second kappa shape index (κ2) is 6.44. The van der Waals surface area contributed by atoms with Crippen molar-refractivity contribution in [3.8, 4) is 0 Å². The minimum Gasteiger partial charge on any atom is -0.321 e. The maximum atomic E-state index is 12.6. The lowest BCUT2D eigenvalue weighted by molar-refractivity contribution is 0.0962. The summed E-state index contributed by atoms with van der Waals surface area (Å²) >= 11 is 0. The van der Waals surface area contributed by atoms with Crippen LogP contribution in [0.2, 0.25) is 0 Å². The van der Waals surface area contributed by atoms with Crippen LogP contribution in [0.3, 0.4) is 0 Å². The lowest BCUT2D eigenvalue weighted by Gasteiger charge is -2.04. The first-order valence-electron chi connectivity index (χ1n) is 5.12. The molecule has 0 aromatic carbocycles. The largest absolute Gasteiger partial charge is 0.321 e. The van der Waals surface area contributed by atoms with Crippen molar-refractivity contribution in [1.29, 1.82) is 0 Å². The van der Waals surface area contributed by atoms with Gasteiger partial charge in [0.1, 0.15) is 11.5 Å². The van der Waals surface area contributed by atoms with E-state index in [0.717, 1.165) is 12.3 Å². The molecule has 0 bridgehead atoms. The molecule has 0 saturated heterocycles. The van der Waals surface area contributed by atoms with E-state index < -0.39 is 17.6 Å². The van der Waals surface area contributed by atoms with Crippen LogP contribution in [0.15, 0.2) is 54.7 Å². The SMILES string of the molecule is C=C/C(=C\C=C(/C)F)NC(=O)c1ccc(F)cn1. The third-order valence-electron chi connectivity index (χ3n) is 1.93. The fourth-order valence-electron chi connectivity index (χ4n) is 1.07. The lowest BCUT2D eigenvalue weighted by atomic mass is 10.3. The monoisotopic (exact) mass is 250 g/mol. The molecule has 0 radical (unpaired) electrons. The van der Waals surface area contributed by atoms with Crippen molar-refractivity contribution in [2.75, 3.05) is 0 Å². The Morgan fingerprint density at radius 2 is 2.17 bits per heavy atom. The number of amides is 1. The van der Waals surface area contributed by atoms with Gasteiger partial charge in [-0.25, -0.2) is 13.8 Å². The van der Waals surface area contributed by atoms with Crippen LogP contribution in [-0.2, 0) is 0 Å². The lowest BCUT2D eigenvalue weighted by Crippen LogP contribution is -2.22. The molecule has 3 nitrogen and oxygen atoms in total. The van der Waals surface area contributed by atoms with E-state index in [1.165, 1.54) is 31.2 Å². The Balaban J connectivity index is 2.80. The van der Waals surface area contributed by atoms with Crippen LogP contribution in [0.5, 0.6) is 0 Å². The Bertz CT molecular complexity index is 500. The summed E-state index contributed by atoms with van der Waals surface area (Å²) in [7, 11) is 0. The topological polar surface area (TPSA) is 42.0 Å². The zero-order valence-electron chi connectivity index (χ0n) is 9.78. The predicted octanol–water partition coefficient (Wildman–Crippen LogP) is 2.89. The van der Waals surface area contributed by atoms with E-state index in [4.69, 9.17) is 0 Å². The molecule has 0 fully saturated rings. The van der Waals surface area contributed by atoms with Crippen LogP contribution < -0.4 is 5.32 Å². The molecule has 0 aliphatic heterocycles. The van der Waals surface area contributed by atoms with Crippen molar-refractivity contribution in [3.63, 3.8) is 0 Å². The molecule has 0 unspecified atom stereocenters. The molecule has 0 aliphatic rings. The number of hydrogen-bond donors (Lipinski definition) is 1. The smallest absolute Gasteiger partial charge is 0.274 e. The quantitative estimate of drug-likeness (QED) is 0.835. The number of nitrogens with one attached hydrogen (secondary N) is 1. The van der Waals surface area contributed by atoms with Crippen molar-refractivity contribution < 1.29 is 13.6 Å². The number of halogens is 2. The molecule has 1 rings (SSSR count). The number of nitrogens with zero attached hydrogens (tertiary/aromatic N) is 1. The van der Waals surface area contributed by atoms with Gasteiger partial charge in [0, 0.05) is 5.70 Å². The Morgan fingerprint density at radius 3 is 2.67 bits per heavy atom. The summed E-state index contributed by atoms with van der Waals surface area (Å²) in [6.07, 6.45) is 4.86. The second-order valence-electron chi connectivity index (χ2n) is 3.40. The summed E-state index contributed by atoms with van der Waals surface area (Å²) < 4.78 is 25.1. The van der Waals surface area contributed by atoms with Gasteiger partial charge in [-0.05, 0) is 37.3 Å². The number of carbonyl (C=O) groups excluding carboxylic acids is 1. The molecular formula is C13H12F2N2O. The summed E-state index contributed by atoms with van der Waals surface area (Å²) in [6, 6.07) is 2.38. The highest BCUT2D eigenvalue weighted by Crippen LogP contribution is 2.01. The molecule has 0 aliphatic carbocycles. The normalized spacial score (nSPS) is 12.2. The summed E-state index contributed by atoms with van der Waals surface area (Å²) in [5.74, 6) is -1.45. The first-order valence-corrected chi connectivity index (χ1v) is 5.12. The highest BCUT2D eigenvalue weighted by molar-refractivity contribution is 5.93. The molecule has 1 heterocycles. The number of hydrogen-bond acceptors (Lipinski definition) is 2.